The minimum Gasteiger partial charge on any atom is -0.468 e. The van der Waals surface area contributed by atoms with Crippen LogP contribution in [0, 0.1) is 11.3 Å². The topological polar surface area (TPSA) is 101 Å². The second-order valence-electron chi connectivity index (χ2n) is 4.61. The van der Waals surface area contributed by atoms with Crippen LogP contribution < -0.4 is 10.5 Å². The minimum absolute atomic E-state index is 0.0796. The summed E-state index contributed by atoms with van der Waals surface area (Å²) < 4.78 is 10.9. The van der Waals surface area contributed by atoms with E-state index in [1.165, 1.54) is 0 Å². The summed E-state index contributed by atoms with van der Waals surface area (Å²) >= 11 is 0. The highest BCUT2D eigenvalue weighted by Gasteiger charge is 2.36. The summed E-state index contributed by atoms with van der Waals surface area (Å²) in [4.78, 5) is 0. The van der Waals surface area contributed by atoms with Gasteiger partial charge in [-0.2, -0.15) is 5.26 Å². The van der Waals surface area contributed by atoms with Crippen molar-refractivity contribution in [3.05, 3.63) is 46.9 Å². The van der Waals surface area contributed by atoms with Gasteiger partial charge in [0.25, 0.3) is 0 Å². The SMILES string of the molecule is CCCc1[nH]nc2c1C(c1ccco1)C(C#N)=C(N)O2. The molecular weight excluding hydrogens is 256 g/mol. The first-order valence-corrected chi connectivity index (χ1v) is 6.44. The highest BCUT2D eigenvalue weighted by atomic mass is 16.5. The van der Waals surface area contributed by atoms with E-state index in [1.807, 2.05) is 6.07 Å². The Morgan fingerprint density at radius 2 is 2.40 bits per heavy atom. The van der Waals surface area contributed by atoms with E-state index in [9.17, 15) is 5.26 Å². The molecule has 0 aliphatic carbocycles. The zero-order valence-corrected chi connectivity index (χ0v) is 11.0. The highest BCUT2D eigenvalue weighted by Crippen LogP contribution is 2.42. The van der Waals surface area contributed by atoms with Gasteiger partial charge in [-0.25, -0.2) is 0 Å². The Morgan fingerprint density at radius 3 is 3.05 bits per heavy atom. The van der Waals surface area contributed by atoms with Crippen LogP contribution in [0.4, 0.5) is 0 Å². The van der Waals surface area contributed by atoms with Crippen molar-refractivity contribution < 1.29 is 9.15 Å². The first-order valence-electron chi connectivity index (χ1n) is 6.44. The number of aromatic nitrogens is 2. The molecular formula is C14H14N4O2. The normalized spacial score (nSPS) is 17.5. The molecule has 3 heterocycles. The van der Waals surface area contributed by atoms with E-state index in [-0.39, 0.29) is 11.8 Å². The summed E-state index contributed by atoms with van der Waals surface area (Å²) in [5.74, 6) is 0.800. The highest BCUT2D eigenvalue weighted by molar-refractivity contribution is 5.53. The number of hydrogen-bond acceptors (Lipinski definition) is 5. The Morgan fingerprint density at radius 1 is 1.55 bits per heavy atom. The Kier molecular flexibility index (Phi) is 2.95. The van der Waals surface area contributed by atoms with Crippen LogP contribution in [0.3, 0.4) is 0 Å². The minimum atomic E-state index is -0.362. The maximum absolute atomic E-state index is 9.37. The van der Waals surface area contributed by atoms with Crippen LogP contribution in [-0.4, -0.2) is 10.2 Å². The van der Waals surface area contributed by atoms with Crippen LogP contribution in [0.1, 0.15) is 36.3 Å². The largest absolute Gasteiger partial charge is 0.468 e. The van der Waals surface area contributed by atoms with Crippen molar-refractivity contribution in [2.45, 2.75) is 25.7 Å². The Bertz CT molecular complexity index is 691. The van der Waals surface area contributed by atoms with E-state index in [0.717, 1.165) is 24.1 Å². The van der Waals surface area contributed by atoms with Crippen molar-refractivity contribution in [1.29, 1.82) is 5.26 Å². The van der Waals surface area contributed by atoms with E-state index in [1.54, 1.807) is 12.3 Å². The summed E-state index contributed by atoms with van der Waals surface area (Å²) in [6.45, 7) is 2.08. The standard InChI is InChI=1S/C14H14N4O2/c1-2-4-9-12-11(10-5-3-6-19-10)8(7-15)13(16)20-14(12)18-17-9/h3,5-6,11H,2,4,16H2,1H3,(H,17,18). The molecule has 2 aromatic rings. The second kappa shape index (κ2) is 4.78. The lowest BCUT2D eigenvalue weighted by Gasteiger charge is -2.21. The molecule has 0 aromatic carbocycles. The zero-order valence-electron chi connectivity index (χ0n) is 11.0. The van der Waals surface area contributed by atoms with Gasteiger partial charge in [0.15, 0.2) is 0 Å². The van der Waals surface area contributed by atoms with Crippen molar-refractivity contribution >= 4 is 0 Å². The molecule has 1 unspecified atom stereocenters. The van der Waals surface area contributed by atoms with Gasteiger partial charge < -0.3 is 14.9 Å². The van der Waals surface area contributed by atoms with Crippen LogP contribution in [0.2, 0.25) is 0 Å². The van der Waals surface area contributed by atoms with Gasteiger partial charge in [-0.15, -0.1) is 5.10 Å². The number of fused-ring (bicyclic) bond motifs is 1. The number of nitrogens with zero attached hydrogens (tertiary/aromatic N) is 2. The molecule has 1 atom stereocenters. The van der Waals surface area contributed by atoms with Crippen LogP contribution in [0.5, 0.6) is 5.88 Å². The van der Waals surface area contributed by atoms with Gasteiger partial charge in [0.05, 0.1) is 17.7 Å². The third kappa shape index (κ3) is 1.75. The van der Waals surface area contributed by atoms with Crippen LogP contribution in [0.25, 0.3) is 0 Å². The fourth-order valence-electron chi connectivity index (χ4n) is 2.49. The molecule has 0 amide bonds. The van der Waals surface area contributed by atoms with E-state index >= 15 is 0 Å². The van der Waals surface area contributed by atoms with Crippen molar-refractivity contribution in [2.24, 2.45) is 5.73 Å². The van der Waals surface area contributed by atoms with Gasteiger partial charge in [-0.3, -0.25) is 5.10 Å². The monoisotopic (exact) mass is 270 g/mol. The molecule has 6 nitrogen and oxygen atoms in total. The van der Waals surface area contributed by atoms with Gasteiger partial charge in [-0.05, 0) is 18.6 Å². The summed E-state index contributed by atoms with van der Waals surface area (Å²) in [6, 6.07) is 5.73. The molecule has 1 aliphatic rings. The average molecular weight is 270 g/mol. The Hall–Kier alpha value is -2.68. The van der Waals surface area contributed by atoms with Crippen LogP contribution in [0.15, 0.2) is 34.3 Å². The number of H-pyrrole nitrogens is 1. The van der Waals surface area contributed by atoms with Crippen LogP contribution >= 0.6 is 0 Å². The number of nitrogens with one attached hydrogen (secondary N) is 1. The number of allylic oxidation sites excluding steroid dienone is 1. The summed E-state index contributed by atoms with van der Waals surface area (Å²) in [7, 11) is 0. The van der Waals surface area contributed by atoms with Gasteiger partial charge in [0.1, 0.15) is 17.4 Å². The molecule has 3 rings (SSSR count). The molecule has 0 saturated carbocycles. The zero-order chi connectivity index (χ0) is 14.1. The molecule has 6 heteroatoms. The van der Waals surface area contributed by atoms with E-state index in [4.69, 9.17) is 14.9 Å². The quantitative estimate of drug-likeness (QED) is 0.890. The lowest BCUT2D eigenvalue weighted by molar-refractivity contribution is 0.370. The molecule has 20 heavy (non-hydrogen) atoms. The molecule has 0 radical (unpaired) electrons. The van der Waals surface area contributed by atoms with Crippen LogP contribution in [-0.2, 0) is 6.42 Å². The first-order chi connectivity index (χ1) is 9.76. The smallest absolute Gasteiger partial charge is 0.244 e. The second-order valence-corrected chi connectivity index (χ2v) is 4.61. The number of furan rings is 1. The number of ether oxygens (including phenoxy) is 1. The number of nitrogens with two attached hydrogens (primary N) is 1. The molecule has 0 fully saturated rings. The maximum atomic E-state index is 9.37. The lowest BCUT2D eigenvalue weighted by atomic mass is 9.87. The Labute approximate surface area is 115 Å². The van der Waals surface area contributed by atoms with Crippen molar-refractivity contribution in [3.63, 3.8) is 0 Å². The predicted octanol–water partition coefficient (Wildman–Crippen LogP) is 2.17. The average Bonchev–Trinajstić information content (AvgIpc) is 3.08. The summed E-state index contributed by atoms with van der Waals surface area (Å²) in [5, 5.41) is 16.5. The fraction of sp³-hybridized carbons (Fsp3) is 0.286. The van der Waals surface area contributed by atoms with Gasteiger partial charge in [0.2, 0.25) is 11.8 Å². The number of aromatic amines is 1. The number of hydrogen-bond donors (Lipinski definition) is 2. The number of aryl methyl sites for hydroxylation is 1. The molecule has 0 saturated heterocycles. The number of nitriles is 1. The van der Waals surface area contributed by atoms with Crippen molar-refractivity contribution in [3.8, 4) is 11.9 Å². The summed E-state index contributed by atoms with van der Waals surface area (Å²) in [6.07, 6.45) is 3.36. The number of rotatable bonds is 3. The predicted molar refractivity (Wildman–Crippen MR) is 70.6 cm³/mol. The van der Waals surface area contributed by atoms with Gasteiger partial charge >= 0.3 is 0 Å². The van der Waals surface area contributed by atoms with E-state index < -0.39 is 0 Å². The molecule has 1 aliphatic heterocycles. The lowest BCUT2D eigenvalue weighted by Crippen LogP contribution is -2.21. The molecule has 2 aromatic heterocycles. The van der Waals surface area contributed by atoms with Crippen molar-refractivity contribution in [2.75, 3.05) is 0 Å². The third-order valence-corrected chi connectivity index (χ3v) is 3.35. The van der Waals surface area contributed by atoms with E-state index in [2.05, 4.69) is 23.2 Å². The molecule has 3 N–H and O–H groups in total. The van der Waals surface area contributed by atoms with Gasteiger partial charge in [-0.1, -0.05) is 13.3 Å². The molecule has 102 valence electrons. The summed E-state index contributed by atoms with van der Waals surface area (Å²) in [5.41, 5.74) is 7.96. The maximum Gasteiger partial charge on any atom is 0.244 e. The fourth-order valence-corrected chi connectivity index (χ4v) is 2.49. The van der Waals surface area contributed by atoms with Gasteiger partial charge in [0, 0.05) is 5.69 Å². The third-order valence-electron chi connectivity index (χ3n) is 3.35. The van der Waals surface area contributed by atoms with Crippen molar-refractivity contribution in [1.82, 2.24) is 10.2 Å². The van der Waals surface area contributed by atoms with E-state index in [0.29, 0.717) is 17.2 Å². The molecule has 0 bridgehead atoms. The molecule has 0 spiro atoms. The first kappa shape index (κ1) is 12.4. The Balaban J connectivity index is 2.19.